The fourth-order valence-electron chi connectivity index (χ4n) is 1.90. The minimum atomic E-state index is 0.610. The SMILES string of the molecule is [CH]1COC2CCCCC12. The molecular formula is C8H13O. The molecule has 0 spiro atoms. The number of fused-ring (bicyclic) bond motifs is 1. The molecule has 1 saturated carbocycles. The summed E-state index contributed by atoms with van der Waals surface area (Å²) in [6.45, 7) is 0.912. The molecule has 1 aliphatic heterocycles. The van der Waals surface area contributed by atoms with Gasteiger partial charge in [-0.1, -0.05) is 12.8 Å². The van der Waals surface area contributed by atoms with Gasteiger partial charge in [0.05, 0.1) is 12.7 Å². The van der Waals surface area contributed by atoms with Gasteiger partial charge in [-0.15, -0.1) is 0 Å². The lowest BCUT2D eigenvalue weighted by molar-refractivity contribution is 0.0663. The maximum absolute atomic E-state index is 5.50. The first-order valence-corrected chi connectivity index (χ1v) is 3.92. The van der Waals surface area contributed by atoms with E-state index in [4.69, 9.17) is 4.74 Å². The summed E-state index contributed by atoms with van der Waals surface area (Å²) in [6.07, 6.45) is 8.44. The Labute approximate surface area is 56.4 Å². The number of ether oxygens (including phenoxy) is 1. The van der Waals surface area contributed by atoms with Gasteiger partial charge in [0.25, 0.3) is 0 Å². The first-order chi connectivity index (χ1) is 4.47. The summed E-state index contributed by atoms with van der Waals surface area (Å²) in [7, 11) is 0. The van der Waals surface area contributed by atoms with Crippen molar-refractivity contribution in [2.45, 2.75) is 31.8 Å². The smallest absolute Gasteiger partial charge is 0.0607 e. The largest absolute Gasteiger partial charge is 0.378 e. The Kier molecular flexibility index (Phi) is 1.46. The van der Waals surface area contributed by atoms with Crippen LogP contribution in [0.1, 0.15) is 25.7 Å². The standard InChI is InChI=1S/C8H13O/c1-2-4-8-7(3-1)5-6-9-8/h5,7-8H,1-4,6H2. The second kappa shape index (κ2) is 2.30. The molecule has 0 aromatic carbocycles. The fraction of sp³-hybridized carbons (Fsp3) is 0.875. The predicted molar refractivity (Wildman–Crippen MR) is 36.0 cm³/mol. The Morgan fingerprint density at radius 3 is 3.00 bits per heavy atom. The minimum Gasteiger partial charge on any atom is -0.378 e. The third-order valence-electron chi connectivity index (χ3n) is 2.46. The molecule has 2 aliphatic rings. The van der Waals surface area contributed by atoms with Crippen LogP contribution in [-0.4, -0.2) is 12.7 Å². The zero-order valence-corrected chi connectivity index (χ0v) is 5.68. The van der Waals surface area contributed by atoms with Crippen molar-refractivity contribution in [3.05, 3.63) is 6.42 Å². The van der Waals surface area contributed by atoms with E-state index in [1.165, 1.54) is 25.7 Å². The highest BCUT2D eigenvalue weighted by Gasteiger charge is 2.30. The van der Waals surface area contributed by atoms with E-state index in [-0.39, 0.29) is 0 Å². The molecule has 9 heavy (non-hydrogen) atoms. The molecule has 1 nitrogen and oxygen atoms in total. The molecule has 2 unspecified atom stereocenters. The van der Waals surface area contributed by atoms with Crippen molar-refractivity contribution in [3.63, 3.8) is 0 Å². The average Bonchev–Trinajstić information content (AvgIpc) is 2.33. The summed E-state index contributed by atoms with van der Waals surface area (Å²) >= 11 is 0. The maximum atomic E-state index is 5.50. The van der Waals surface area contributed by atoms with Crippen molar-refractivity contribution in [3.8, 4) is 0 Å². The third kappa shape index (κ3) is 0.983. The van der Waals surface area contributed by atoms with Gasteiger partial charge in [0, 0.05) is 0 Å². The Balaban J connectivity index is 1.97. The normalized spacial score (nSPS) is 42.7. The summed E-state index contributed by atoms with van der Waals surface area (Å²) < 4.78 is 5.50. The van der Waals surface area contributed by atoms with E-state index >= 15 is 0 Å². The predicted octanol–water partition coefficient (Wildman–Crippen LogP) is 1.78. The molecule has 2 rings (SSSR count). The van der Waals surface area contributed by atoms with Crippen LogP contribution in [0.2, 0.25) is 0 Å². The van der Waals surface area contributed by atoms with E-state index in [0.717, 1.165) is 12.5 Å². The van der Waals surface area contributed by atoms with Gasteiger partial charge in [-0.2, -0.15) is 0 Å². The molecule has 0 aromatic heterocycles. The van der Waals surface area contributed by atoms with E-state index in [0.29, 0.717) is 6.10 Å². The maximum Gasteiger partial charge on any atom is 0.0607 e. The van der Waals surface area contributed by atoms with Crippen molar-refractivity contribution in [2.24, 2.45) is 5.92 Å². The minimum absolute atomic E-state index is 0.610. The second-order valence-corrected chi connectivity index (χ2v) is 3.06. The van der Waals surface area contributed by atoms with Gasteiger partial charge in [-0.25, -0.2) is 0 Å². The highest BCUT2D eigenvalue weighted by molar-refractivity contribution is 4.91. The summed E-state index contributed by atoms with van der Waals surface area (Å²) in [6, 6.07) is 0. The first kappa shape index (κ1) is 5.72. The molecule has 2 fully saturated rings. The molecule has 1 heteroatoms. The molecular weight excluding hydrogens is 112 g/mol. The van der Waals surface area contributed by atoms with Crippen molar-refractivity contribution >= 4 is 0 Å². The molecule has 0 aromatic rings. The van der Waals surface area contributed by atoms with Crippen molar-refractivity contribution in [1.82, 2.24) is 0 Å². The van der Waals surface area contributed by atoms with Crippen LogP contribution in [0.4, 0.5) is 0 Å². The number of hydrogen-bond donors (Lipinski definition) is 0. The topological polar surface area (TPSA) is 9.23 Å². The van der Waals surface area contributed by atoms with Crippen molar-refractivity contribution < 1.29 is 4.74 Å². The lowest BCUT2D eigenvalue weighted by atomic mass is 9.86. The molecule has 1 heterocycles. The van der Waals surface area contributed by atoms with Crippen LogP contribution in [0.5, 0.6) is 0 Å². The number of hydrogen-bond acceptors (Lipinski definition) is 1. The monoisotopic (exact) mass is 125 g/mol. The molecule has 1 radical (unpaired) electrons. The molecule has 1 saturated heterocycles. The Bertz CT molecular complexity index is 88.7. The van der Waals surface area contributed by atoms with Crippen LogP contribution in [0.15, 0.2) is 0 Å². The highest BCUT2D eigenvalue weighted by Crippen LogP contribution is 2.32. The molecule has 1 aliphatic carbocycles. The second-order valence-electron chi connectivity index (χ2n) is 3.06. The van der Waals surface area contributed by atoms with Crippen LogP contribution < -0.4 is 0 Å². The Morgan fingerprint density at radius 1 is 1.22 bits per heavy atom. The van der Waals surface area contributed by atoms with Gasteiger partial charge < -0.3 is 4.74 Å². The zero-order chi connectivity index (χ0) is 6.10. The quantitative estimate of drug-likeness (QED) is 0.479. The van der Waals surface area contributed by atoms with E-state index in [1.807, 2.05) is 0 Å². The average molecular weight is 125 g/mol. The van der Waals surface area contributed by atoms with Crippen LogP contribution in [0.3, 0.4) is 0 Å². The van der Waals surface area contributed by atoms with Gasteiger partial charge in [0.2, 0.25) is 0 Å². The summed E-state index contributed by atoms with van der Waals surface area (Å²) in [5.74, 6) is 0.818. The molecule has 2 atom stereocenters. The third-order valence-corrected chi connectivity index (χ3v) is 2.46. The van der Waals surface area contributed by atoms with E-state index < -0.39 is 0 Å². The van der Waals surface area contributed by atoms with E-state index in [9.17, 15) is 0 Å². The van der Waals surface area contributed by atoms with Gasteiger partial charge in [-0.05, 0) is 25.2 Å². The van der Waals surface area contributed by atoms with Crippen LogP contribution in [0.25, 0.3) is 0 Å². The van der Waals surface area contributed by atoms with Gasteiger partial charge >= 0.3 is 0 Å². The van der Waals surface area contributed by atoms with Crippen LogP contribution in [0, 0.1) is 12.3 Å². The van der Waals surface area contributed by atoms with Gasteiger partial charge in [0.15, 0.2) is 0 Å². The Morgan fingerprint density at radius 2 is 2.11 bits per heavy atom. The first-order valence-electron chi connectivity index (χ1n) is 3.92. The fourth-order valence-corrected chi connectivity index (χ4v) is 1.90. The molecule has 0 N–H and O–H groups in total. The Hall–Kier alpha value is -0.0400. The van der Waals surface area contributed by atoms with Crippen LogP contribution in [-0.2, 0) is 4.74 Å². The summed E-state index contributed by atoms with van der Waals surface area (Å²) in [5, 5.41) is 0. The molecule has 0 bridgehead atoms. The highest BCUT2D eigenvalue weighted by atomic mass is 16.5. The van der Waals surface area contributed by atoms with Gasteiger partial charge in [-0.3, -0.25) is 0 Å². The molecule has 51 valence electrons. The summed E-state index contributed by atoms with van der Waals surface area (Å²) in [4.78, 5) is 0. The molecule has 0 amide bonds. The number of rotatable bonds is 0. The van der Waals surface area contributed by atoms with Crippen molar-refractivity contribution in [2.75, 3.05) is 6.61 Å². The van der Waals surface area contributed by atoms with E-state index in [2.05, 4.69) is 6.42 Å². The van der Waals surface area contributed by atoms with Crippen molar-refractivity contribution in [1.29, 1.82) is 0 Å². The van der Waals surface area contributed by atoms with Gasteiger partial charge in [0.1, 0.15) is 0 Å². The zero-order valence-electron chi connectivity index (χ0n) is 5.68. The summed E-state index contributed by atoms with van der Waals surface area (Å²) in [5.41, 5.74) is 0. The van der Waals surface area contributed by atoms with Crippen LogP contribution >= 0.6 is 0 Å². The van der Waals surface area contributed by atoms with E-state index in [1.54, 1.807) is 0 Å². The lowest BCUT2D eigenvalue weighted by Gasteiger charge is -2.22. The lowest BCUT2D eigenvalue weighted by Crippen LogP contribution is -2.19.